The molecule has 0 aromatic heterocycles. The number of ether oxygens (including phenoxy) is 1. The Hall–Kier alpha value is -2.00. The zero-order valence-corrected chi connectivity index (χ0v) is 18.5. The van der Waals surface area contributed by atoms with Gasteiger partial charge in [-0.05, 0) is 61.6 Å². The van der Waals surface area contributed by atoms with E-state index >= 15 is 0 Å². The summed E-state index contributed by atoms with van der Waals surface area (Å²) in [5.41, 5.74) is 1.10. The third-order valence-electron chi connectivity index (χ3n) is 5.76. The number of carbonyl (C=O) groups is 1. The molecule has 2 saturated heterocycles. The zero-order chi connectivity index (χ0) is 22.0. The fourth-order valence-electron chi connectivity index (χ4n) is 4.14. The second-order valence-electron chi connectivity index (χ2n) is 7.84. The SMILES string of the molecule is O=C(c1ccc(Cl)c(S(=O)(=O)NCC2CCCO2)c1)N1CCCC1c1ccc(F)cc1. The molecule has 4 rings (SSSR count). The van der Waals surface area contributed by atoms with Gasteiger partial charge in [-0.1, -0.05) is 23.7 Å². The van der Waals surface area contributed by atoms with Crippen molar-refractivity contribution < 1.29 is 22.3 Å². The van der Waals surface area contributed by atoms with Gasteiger partial charge in [0, 0.05) is 25.3 Å². The van der Waals surface area contributed by atoms with E-state index < -0.39 is 10.0 Å². The molecule has 9 heteroatoms. The number of hydrogen-bond donors (Lipinski definition) is 1. The summed E-state index contributed by atoms with van der Waals surface area (Å²) in [7, 11) is -3.90. The Morgan fingerprint density at radius 3 is 2.65 bits per heavy atom. The molecule has 2 aromatic rings. The van der Waals surface area contributed by atoms with Gasteiger partial charge >= 0.3 is 0 Å². The van der Waals surface area contributed by atoms with E-state index in [-0.39, 0.29) is 45.9 Å². The molecular weight excluding hydrogens is 443 g/mol. The van der Waals surface area contributed by atoms with Crippen LogP contribution in [0.3, 0.4) is 0 Å². The van der Waals surface area contributed by atoms with Gasteiger partial charge in [-0.15, -0.1) is 0 Å². The van der Waals surface area contributed by atoms with E-state index in [4.69, 9.17) is 16.3 Å². The van der Waals surface area contributed by atoms with Crippen molar-refractivity contribution in [3.8, 4) is 0 Å². The van der Waals surface area contributed by atoms with Gasteiger partial charge < -0.3 is 9.64 Å². The molecule has 2 aromatic carbocycles. The molecule has 2 aliphatic heterocycles. The number of nitrogens with zero attached hydrogens (tertiary/aromatic N) is 1. The minimum atomic E-state index is -3.90. The fourth-order valence-corrected chi connectivity index (χ4v) is 5.73. The lowest BCUT2D eigenvalue weighted by Gasteiger charge is -2.25. The van der Waals surface area contributed by atoms with Crippen LogP contribution in [-0.4, -0.2) is 45.0 Å². The molecule has 0 saturated carbocycles. The summed E-state index contributed by atoms with van der Waals surface area (Å²) in [5.74, 6) is -0.609. The van der Waals surface area contributed by atoms with Crippen molar-refractivity contribution in [3.63, 3.8) is 0 Å². The Balaban J connectivity index is 1.55. The molecule has 1 N–H and O–H groups in total. The van der Waals surface area contributed by atoms with Crippen LogP contribution < -0.4 is 4.72 Å². The van der Waals surface area contributed by atoms with Crippen molar-refractivity contribution in [2.75, 3.05) is 19.7 Å². The molecule has 166 valence electrons. The molecule has 31 heavy (non-hydrogen) atoms. The Morgan fingerprint density at radius 2 is 1.94 bits per heavy atom. The Bertz CT molecular complexity index is 1060. The first kappa shape index (κ1) is 22.2. The van der Waals surface area contributed by atoms with Crippen molar-refractivity contribution in [2.24, 2.45) is 0 Å². The third kappa shape index (κ3) is 4.92. The second-order valence-corrected chi connectivity index (χ2v) is 9.98. The minimum Gasteiger partial charge on any atom is -0.377 e. The highest BCUT2D eigenvalue weighted by Gasteiger charge is 2.31. The fraction of sp³-hybridized carbons (Fsp3) is 0.409. The third-order valence-corrected chi connectivity index (χ3v) is 7.67. The topological polar surface area (TPSA) is 75.7 Å². The van der Waals surface area contributed by atoms with E-state index in [2.05, 4.69) is 4.72 Å². The van der Waals surface area contributed by atoms with Crippen molar-refractivity contribution >= 4 is 27.5 Å². The van der Waals surface area contributed by atoms with E-state index in [1.807, 2.05) is 0 Å². The quantitative estimate of drug-likeness (QED) is 0.700. The van der Waals surface area contributed by atoms with Gasteiger partial charge in [0.15, 0.2) is 0 Å². The van der Waals surface area contributed by atoms with Gasteiger partial charge in [0.25, 0.3) is 5.91 Å². The number of hydrogen-bond acceptors (Lipinski definition) is 4. The number of nitrogens with one attached hydrogen (secondary N) is 1. The molecule has 0 bridgehead atoms. The van der Waals surface area contributed by atoms with Crippen LogP contribution in [0, 0.1) is 5.82 Å². The van der Waals surface area contributed by atoms with Gasteiger partial charge in [0.05, 0.1) is 17.2 Å². The zero-order valence-electron chi connectivity index (χ0n) is 16.9. The van der Waals surface area contributed by atoms with Crippen molar-refractivity contribution in [3.05, 3.63) is 64.4 Å². The van der Waals surface area contributed by atoms with Crippen LogP contribution in [0.1, 0.15) is 47.6 Å². The predicted molar refractivity (Wildman–Crippen MR) is 115 cm³/mol. The van der Waals surface area contributed by atoms with Crippen LogP contribution >= 0.6 is 11.6 Å². The molecular formula is C22H24ClFN2O4S. The molecule has 1 amide bonds. The second kappa shape index (κ2) is 9.24. The number of amides is 1. The van der Waals surface area contributed by atoms with Crippen LogP contribution in [0.15, 0.2) is 47.4 Å². The van der Waals surface area contributed by atoms with E-state index in [1.54, 1.807) is 17.0 Å². The maximum atomic E-state index is 13.3. The summed E-state index contributed by atoms with van der Waals surface area (Å²) < 4.78 is 46.9. The number of halogens is 2. The minimum absolute atomic E-state index is 0.0490. The van der Waals surface area contributed by atoms with E-state index in [0.29, 0.717) is 13.2 Å². The molecule has 0 aliphatic carbocycles. The normalized spacial score (nSPS) is 21.5. The lowest BCUT2D eigenvalue weighted by atomic mass is 10.0. The molecule has 0 spiro atoms. The van der Waals surface area contributed by atoms with Crippen LogP contribution in [0.2, 0.25) is 5.02 Å². The number of rotatable bonds is 6. The summed E-state index contributed by atoms with van der Waals surface area (Å²) in [6, 6.07) is 10.2. The Morgan fingerprint density at radius 1 is 1.16 bits per heavy atom. The summed E-state index contributed by atoms with van der Waals surface area (Å²) in [6.45, 7) is 1.33. The van der Waals surface area contributed by atoms with Crippen LogP contribution in [0.25, 0.3) is 0 Å². The maximum Gasteiger partial charge on any atom is 0.254 e. The highest BCUT2D eigenvalue weighted by atomic mass is 35.5. The molecule has 6 nitrogen and oxygen atoms in total. The number of sulfonamides is 1. The summed E-state index contributed by atoms with van der Waals surface area (Å²) in [4.78, 5) is 14.8. The largest absolute Gasteiger partial charge is 0.377 e. The van der Waals surface area contributed by atoms with Crippen molar-refractivity contribution in [1.82, 2.24) is 9.62 Å². The van der Waals surface area contributed by atoms with E-state index in [9.17, 15) is 17.6 Å². The van der Waals surface area contributed by atoms with Crippen LogP contribution in [-0.2, 0) is 14.8 Å². The molecule has 2 atom stereocenters. The van der Waals surface area contributed by atoms with Crippen molar-refractivity contribution in [2.45, 2.75) is 42.7 Å². The number of carbonyl (C=O) groups excluding carboxylic acids is 1. The summed E-state index contributed by atoms with van der Waals surface area (Å²) >= 11 is 6.17. The van der Waals surface area contributed by atoms with Gasteiger partial charge in [-0.2, -0.15) is 0 Å². The molecule has 0 radical (unpaired) electrons. The first-order valence-corrected chi connectivity index (χ1v) is 12.2. The van der Waals surface area contributed by atoms with E-state index in [1.165, 1.54) is 30.3 Å². The first-order valence-electron chi connectivity index (χ1n) is 10.3. The first-order chi connectivity index (χ1) is 14.8. The highest BCUT2D eigenvalue weighted by Crippen LogP contribution is 2.34. The Kier molecular flexibility index (Phi) is 6.62. The lowest BCUT2D eigenvalue weighted by Crippen LogP contribution is -2.33. The maximum absolute atomic E-state index is 13.3. The average molecular weight is 467 g/mol. The molecule has 2 aliphatic rings. The Labute approximate surface area is 186 Å². The van der Waals surface area contributed by atoms with Gasteiger partial charge in [-0.3, -0.25) is 4.79 Å². The summed E-state index contributed by atoms with van der Waals surface area (Å²) in [6.07, 6.45) is 3.13. The predicted octanol–water partition coefficient (Wildman–Crippen LogP) is 3.91. The number of benzene rings is 2. The molecule has 2 heterocycles. The lowest BCUT2D eigenvalue weighted by molar-refractivity contribution is 0.0735. The van der Waals surface area contributed by atoms with Crippen LogP contribution in [0.5, 0.6) is 0 Å². The van der Waals surface area contributed by atoms with Gasteiger partial charge in [0.1, 0.15) is 10.7 Å². The van der Waals surface area contributed by atoms with Crippen LogP contribution in [0.4, 0.5) is 4.39 Å². The monoisotopic (exact) mass is 466 g/mol. The smallest absolute Gasteiger partial charge is 0.254 e. The van der Waals surface area contributed by atoms with Gasteiger partial charge in [-0.25, -0.2) is 17.5 Å². The molecule has 2 unspecified atom stereocenters. The average Bonchev–Trinajstić information content (AvgIpc) is 3.45. The van der Waals surface area contributed by atoms with Gasteiger partial charge in [0.2, 0.25) is 10.0 Å². The standard InChI is InChI=1S/C22H24ClFN2O4S/c23-19-10-7-16(13-21(19)31(28,29)25-14-18-3-2-12-30-18)22(27)26-11-1-4-20(26)15-5-8-17(24)9-6-15/h5-10,13,18,20,25H,1-4,11-12,14H2. The molecule has 2 fully saturated rings. The highest BCUT2D eigenvalue weighted by molar-refractivity contribution is 7.89. The summed E-state index contributed by atoms with van der Waals surface area (Å²) in [5, 5.41) is 0.0490. The van der Waals surface area contributed by atoms with Crippen molar-refractivity contribution in [1.29, 1.82) is 0 Å². The number of likely N-dealkylation sites (tertiary alicyclic amines) is 1. The van der Waals surface area contributed by atoms with E-state index in [0.717, 1.165) is 31.2 Å².